The van der Waals surface area contributed by atoms with Crippen LogP contribution in [0, 0.1) is 13.8 Å². The van der Waals surface area contributed by atoms with Gasteiger partial charge in [0.05, 0.1) is 18.8 Å². The lowest BCUT2D eigenvalue weighted by molar-refractivity contribution is -0.0351. The topological polar surface area (TPSA) is 60.7 Å². The van der Waals surface area contributed by atoms with Crippen molar-refractivity contribution in [3.8, 4) is 0 Å². The van der Waals surface area contributed by atoms with Gasteiger partial charge in [-0.25, -0.2) is 0 Å². The van der Waals surface area contributed by atoms with E-state index in [9.17, 15) is 4.79 Å². The molecular formula is C17H21NO4. The molecule has 5 nitrogen and oxygen atoms in total. The van der Waals surface area contributed by atoms with Crippen molar-refractivity contribution in [2.24, 2.45) is 0 Å². The van der Waals surface area contributed by atoms with Gasteiger partial charge in [-0.2, -0.15) is 0 Å². The van der Waals surface area contributed by atoms with Crippen molar-refractivity contribution in [3.05, 3.63) is 35.1 Å². The zero-order valence-corrected chi connectivity index (χ0v) is 13.1. The van der Waals surface area contributed by atoms with Crippen LogP contribution in [0.5, 0.6) is 0 Å². The zero-order valence-electron chi connectivity index (χ0n) is 13.1. The van der Waals surface area contributed by atoms with Gasteiger partial charge in [-0.15, -0.1) is 0 Å². The molecule has 0 unspecified atom stereocenters. The molecular weight excluding hydrogens is 282 g/mol. The van der Waals surface area contributed by atoms with E-state index in [1.807, 2.05) is 26.0 Å². The predicted molar refractivity (Wildman–Crippen MR) is 83.2 cm³/mol. The maximum atomic E-state index is 12.4. The first-order valence-corrected chi connectivity index (χ1v) is 7.50. The molecule has 1 amide bonds. The lowest BCUT2D eigenvalue weighted by atomic mass is 10.1. The Kier molecular flexibility index (Phi) is 4.18. The van der Waals surface area contributed by atoms with Gasteiger partial charge in [0.15, 0.2) is 5.76 Å². The van der Waals surface area contributed by atoms with Crippen molar-refractivity contribution in [2.45, 2.75) is 32.4 Å². The third-order valence-electron chi connectivity index (χ3n) is 4.27. The molecule has 22 heavy (non-hydrogen) atoms. The molecule has 0 spiro atoms. The molecule has 1 N–H and O–H groups in total. The monoisotopic (exact) mass is 303 g/mol. The van der Waals surface area contributed by atoms with Crippen molar-refractivity contribution in [1.82, 2.24) is 5.32 Å². The normalized spacial score (nSPS) is 22.0. The van der Waals surface area contributed by atoms with Gasteiger partial charge < -0.3 is 19.2 Å². The van der Waals surface area contributed by atoms with Crippen LogP contribution in [0.25, 0.3) is 11.0 Å². The van der Waals surface area contributed by atoms with Gasteiger partial charge in [0.2, 0.25) is 0 Å². The number of aryl methyl sites for hydroxylation is 2. The number of nitrogens with one attached hydrogen (secondary N) is 1. The summed E-state index contributed by atoms with van der Waals surface area (Å²) in [5.41, 5.74) is 3.06. The number of hydrogen-bond donors (Lipinski definition) is 1. The molecule has 0 saturated carbocycles. The van der Waals surface area contributed by atoms with Crippen LogP contribution in [0.4, 0.5) is 0 Å². The lowest BCUT2D eigenvalue weighted by Crippen LogP contribution is -2.50. The maximum Gasteiger partial charge on any atom is 0.287 e. The lowest BCUT2D eigenvalue weighted by Gasteiger charge is -2.30. The van der Waals surface area contributed by atoms with E-state index in [-0.39, 0.29) is 18.1 Å². The Hall–Kier alpha value is -1.85. The van der Waals surface area contributed by atoms with E-state index in [1.54, 1.807) is 13.2 Å². The van der Waals surface area contributed by atoms with Crippen molar-refractivity contribution in [1.29, 1.82) is 0 Å². The van der Waals surface area contributed by atoms with Crippen LogP contribution in [0.15, 0.2) is 22.6 Å². The summed E-state index contributed by atoms with van der Waals surface area (Å²) >= 11 is 0. The minimum atomic E-state index is -0.232. The molecule has 0 aliphatic carbocycles. The highest BCUT2D eigenvalue weighted by atomic mass is 16.5. The highest BCUT2D eigenvalue weighted by Crippen LogP contribution is 2.23. The molecule has 2 aromatic rings. The molecule has 1 saturated heterocycles. The van der Waals surface area contributed by atoms with E-state index in [1.165, 1.54) is 5.56 Å². The number of hydrogen-bond acceptors (Lipinski definition) is 4. The molecule has 1 aliphatic heterocycles. The first kappa shape index (κ1) is 15.1. The number of fused-ring (bicyclic) bond motifs is 1. The SMILES string of the molecule is CO[C@H]1CCOC[C@@H]1NC(=O)c1cc2cc(C)c(C)cc2o1. The molecule has 1 aliphatic rings. The number of carbonyl (C=O) groups is 1. The fourth-order valence-corrected chi connectivity index (χ4v) is 2.79. The minimum Gasteiger partial charge on any atom is -0.451 e. The maximum absolute atomic E-state index is 12.4. The van der Waals surface area contributed by atoms with Crippen LogP contribution >= 0.6 is 0 Å². The van der Waals surface area contributed by atoms with Crippen LogP contribution in [0.2, 0.25) is 0 Å². The molecule has 1 aromatic carbocycles. The van der Waals surface area contributed by atoms with Gasteiger partial charge in [0.1, 0.15) is 5.58 Å². The predicted octanol–water partition coefficient (Wildman–Crippen LogP) is 2.58. The largest absolute Gasteiger partial charge is 0.451 e. The summed E-state index contributed by atoms with van der Waals surface area (Å²) in [6.07, 6.45) is 0.756. The summed E-state index contributed by atoms with van der Waals surface area (Å²) in [7, 11) is 1.65. The molecule has 5 heteroatoms. The van der Waals surface area contributed by atoms with E-state index in [4.69, 9.17) is 13.9 Å². The average Bonchev–Trinajstić information content (AvgIpc) is 2.91. The number of ether oxygens (including phenoxy) is 2. The van der Waals surface area contributed by atoms with E-state index >= 15 is 0 Å². The Morgan fingerprint density at radius 3 is 2.82 bits per heavy atom. The third kappa shape index (κ3) is 2.87. The Morgan fingerprint density at radius 1 is 1.27 bits per heavy atom. The van der Waals surface area contributed by atoms with Crippen molar-refractivity contribution >= 4 is 16.9 Å². The summed E-state index contributed by atoms with van der Waals surface area (Å²) in [4.78, 5) is 12.4. The summed E-state index contributed by atoms with van der Waals surface area (Å²) < 4.78 is 16.5. The van der Waals surface area contributed by atoms with E-state index in [0.717, 1.165) is 23.0 Å². The number of amides is 1. The van der Waals surface area contributed by atoms with Crippen molar-refractivity contribution < 1.29 is 18.7 Å². The second-order valence-electron chi connectivity index (χ2n) is 5.80. The van der Waals surface area contributed by atoms with E-state index in [0.29, 0.717) is 19.0 Å². The quantitative estimate of drug-likeness (QED) is 0.946. The Labute approximate surface area is 129 Å². The minimum absolute atomic E-state index is 0.0217. The summed E-state index contributed by atoms with van der Waals surface area (Å²) in [5.74, 6) is 0.0875. The Morgan fingerprint density at radius 2 is 2.05 bits per heavy atom. The Bertz CT molecular complexity index is 652. The molecule has 0 radical (unpaired) electrons. The second kappa shape index (κ2) is 6.10. The number of benzene rings is 1. The van der Waals surface area contributed by atoms with Gasteiger partial charge in [0, 0.05) is 19.1 Å². The molecule has 2 atom stereocenters. The second-order valence-corrected chi connectivity index (χ2v) is 5.80. The van der Waals surface area contributed by atoms with Gasteiger partial charge >= 0.3 is 0 Å². The zero-order chi connectivity index (χ0) is 15.7. The van der Waals surface area contributed by atoms with Crippen LogP contribution < -0.4 is 5.32 Å². The van der Waals surface area contributed by atoms with E-state index in [2.05, 4.69) is 5.32 Å². The molecule has 1 fully saturated rings. The fourth-order valence-electron chi connectivity index (χ4n) is 2.79. The standard InChI is InChI=1S/C17H21NO4/c1-10-6-12-8-16(22-15(12)7-11(10)2)17(19)18-13-9-21-5-4-14(13)20-3/h6-8,13-14H,4-5,9H2,1-3H3,(H,18,19)/t13-,14-/m0/s1. The van der Waals surface area contributed by atoms with Gasteiger partial charge in [-0.1, -0.05) is 0 Å². The molecule has 118 valence electrons. The van der Waals surface area contributed by atoms with Crippen LogP contribution in [0.1, 0.15) is 28.1 Å². The van der Waals surface area contributed by atoms with Crippen LogP contribution in [0.3, 0.4) is 0 Å². The van der Waals surface area contributed by atoms with Gasteiger partial charge in [-0.3, -0.25) is 4.79 Å². The first-order chi connectivity index (χ1) is 10.6. The number of rotatable bonds is 3. The van der Waals surface area contributed by atoms with Crippen molar-refractivity contribution in [3.63, 3.8) is 0 Å². The van der Waals surface area contributed by atoms with Crippen LogP contribution in [-0.4, -0.2) is 38.4 Å². The van der Waals surface area contributed by atoms with E-state index < -0.39 is 0 Å². The third-order valence-corrected chi connectivity index (χ3v) is 4.27. The summed E-state index contributed by atoms with van der Waals surface area (Å²) in [5, 5.41) is 3.88. The van der Waals surface area contributed by atoms with Gasteiger partial charge in [-0.05, 0) is 49.6 Å². The number of furan rings is 1. The summed E-state index contributed by atoms with van der Waals surface area (Å²) in [6, 6.07) is 5.63. The highest BCUT2D eigenvalue weighted by Gasteiger charge is 2.28. The molecule has 3 rings (SSSR count). The molecule has 0 bridgehead atoms. The van der Waals surface area contributed by atoms with Crippen LogP contribution in [-0.2, 0) is 9.47 Å². The highest BCUT2D eigenvalue weighted by molar-refractivity contribution is 5.96. The van der Waals surface area contributed by atoms with Gasteiger partial charge in [0.25, 0.3) is 5.91 Å². The average molecular weight is 303 g/mol. The smallest absolute Gasteiger partial charge is 0.287 e. The Balaban J connectivity index is 1.79. The van der Waals surface area contributed by atoms with Crippen molar-refractivity contribution in [2.75, 3.05) is 20.3 Å². The molecule has 1 aromatic heterocycles. The number of carbonyl (C=O) groups excluding carboxylic acids is 1. The number of methoxy groups -OCH3 is 1. The fraction of sp³-hybridized carbons (Fsp3) is 0.471. The first-order valence-electron chi connectivity index (χ1n) is 7.50. The molecule has 2 heterocycles. The summed E-state index contributed by atoms with van der Waals surface area (Å²) in [6.45, 7) is 5.19.